The Labute approximate surface area is 120 Å². The van der Waals surface area contributed by atoms with Crippen LogP contribution >= 0.6 is 0 Å². The number of nitrogens with zero attached hydrogens (tertiary/aromatic N) is 2. The fraction of sp³-hybridized carbons (Fsp3) is 0.0833. The average molecular weight is 308 g/mol. The van der Waals surface area contributed by atoms with Crippen LogP contribution in [0, 0.1) is 17.0 Å². The second-order valence-electron chi connectivity index (χ2n) is 4.25. The SMILES string of the molecule is Cc1cccc(NS(=O)(=O)c2cc(N)ccc2[N+](=O)[O-])n1. The smallest absolute Gasteiger partial charge is 0.290 e. The third-order valence-corrected chi connectivity index (χ3v) is 3.98. The molecule has 0 fully saturated rings. The van der Waals surface area contributed by atoms with Gasteiger partial charge in [-0.1, -0.05) is 6.07 Å². The molecule has 2 aromatic rings. The number of nitro groups is 1. The maximum Gasteiger partial charge on any atom is 0.290 e. The number of nitrogens with two attached hydrogens (primary N) is 1. The van der Waals surface area contributed by atoms with E-state index in [1.807, 2.05) is 0 Å². The van der Waals surface area contributed by atoms with Gasteiger partial charge in [0.15, 0.2) is 4.90 Å². The zero-order chi connectivity index (χ0) is 15.6. The highest BCUT2D eigenvalue weighted by Crippen LogP contribution is 2.27. The number of aromatic nitrogens is 1. The minimum Gasteiger partial charge on any atom is -0.399 e. The van der Waals surface area contributed by atoms with Crippen LogP contribution in [-0.2, 0) is 10.0 Å². The minimum atomic E-state index is -4.16. The van der Waals surface area contributed by atoms with Crippen LogP contribution in [0.5, 0.6) is 0 Å². The van der Waals surface area contributed by atoms with Gasteiger partial charge in [0.05, 0.1) is 4.92 Å². The molecule has 0 saturated carbocycles. The van der Waals surface area contributed by atoms with Crippen molar-refractivity contribution in [2.45, 2.75) is 11.8 Å². The van der Waals surface area contributed by atoms with Gasteiger partial charge >= 0.3 is 0 Å². The van der Waals surface area contributed by atoms with E-state index >= 15 is 0 Å². The first-order valence-electron chi connectivity index (χ1n) is 5.80. The van der Waals surface area contributed by atoms with E-state index in [1.54, 1.807) is 19.1 Å². The van der Waals surface area contributed by atoms with Crippen LogP contribution in [-0.4, -0.2) is 18.3 Å². The predicted molar refractivity (Wildman–Crippen MR) is 77.3 cm³/mol. The average Bonchev–Trinajstić information content (AvgIpc) is 2.37. The molecule has 0 aliphatic carbocycles. The molecule has 9 heteroatoms. The third-order valence-electron chi connectivity index (χ3n) is 2.60. The van der Waals surface area contributed by atoms with Gasteiger partial charge < -0.3 is 5.73 Å². The Kier molecular flexibility index (Phi) is 3.76. The van der Waals surface area contributed by atoms with Crippen molar-refractivity contribution in [2.75, 3.05) is 10.5 Å². The molecule has 0 radical (unpaired) electrons. The van der Waals surface area contributed by atoms with Gasteiger partial charge in [0.2, 0.25) is 0 Å². The molecule has 8 nitrogen and oxygen atoms in total. The first-order chi connectivity index (χ1) is 9.79. The largest absolute Gasteiger partial charge is 0.399 e. The van der Waals surface area contributed by atoms with Crippen molar-refractivity contribution in [3.63, 3.8) is 0 Å². The molecular weight excluding hydrogens is 296 g/mol. The Morgan fingerprint density at radius 2 is 2.00 bits per heavy atom. The molecule has 0 aliphatic heterocycles. The van der Waals surface area contributed by atoms with Crippen molar-refractivity contribution in [1.82, 2.24) is 4.98 Å². The third kappa shape index (κ3) is 3.26. The van der Waals surface area contributed by atoms with Crippen LogP contribution in [0.15, 0.2) is 41.3 Å². The van der Waals surface area contributed by atoms with E-state index in [4.69, 9.17) is 5.73 Å². The Hall–Kier alpha value is -2.68. The first kappa shape index (κ1) is 14.7. The highest BCUT2D eigenvalue weighted by Gasteiger charge is 2.26. The summed E-state index contributed by atoms with van der Waals surface area (Å²) < 4.78 is 26.8. The number of sulfonamides is 1. The molecular formula is C12H12N4O4S. The summed E-state index contributed by atoms with van der Waals surface area (Å²) in [4.78, 5) is 13.6. The summed E-state index contributed by atoms with van der Waals surface area (Å²) in [6.45, 7) is 1.70. The number of hydrogen-bond acceptors (Lipinski definition) is 6. The summed E-state index contributed by atoms with van der Waals surface area (Å²) in [5, 5.41) is 10.9. The highest BCUT2D eigenvalue weighted by molar-refractivity contribution is 7.92. The number of aryl methyl sites for hydroxylation is 1. The lowest BCUT2D eigenvalue weighted by Crippen LogP contribution is -2.16. The van der Waals surface area contributed by atoms with Crippen molar-refractivity contribution in [3.05, 3.63) is 52.2 Å². The molecule has 2 rings (SSSR count). The molecule has 0 unspecified atom stereocenters. The van der Waals surface area contributed by atoms with Crippen molar-refractivity contribution in [3.8, 4) is 0 Å². The van der Waals surface area contributed by atoms with Crippen LogP contribution < -0.4 is 10.5 Å². The Morgan fingerprint density at radius 3 is 2.62 bits per heavy atom. The van der Waals surface area contributed by atoms with Gasteiger partial charge in [-0.3, -0.25) is 14.8 Å². The molecule has 0 spiro atoms. The number of hydrogen-bond donors (Lipinski definition) is 2. The normalized spacial score (nSPS) is 11.1. The number of benzene rings is 1. The number of nitro benzene ring substituents is 1. The molecule has 0 aliphatic rings. The zero-order valence-corrected chi connectivity index (χ0v) is 11.8. The Bertz CT molecular complexity index is 805. The van der Waals surface area contributed by atoms with E-state index in [9.17, 15) is 18.5 Å². The Balaban J connectivity index is 2.49. The van der Waals surface area contributed by atoms with Gasteiger partial charge in [0, 0.05) is 17.4 Å². The van der Waals surface area contributed by atoms with Crippen molar-refractivity contribution < 1.29 is 13.3 Å². The molecule has 0 saturated heterocycles. The fourth-order valence-corrected chi connectivity index (χ4v) is 2.90. The number of nitrogen functional groups attached to an aromatic ring is 1. The number of anilines is 2. The molecule has 1 aromatic carbocycles. The summed E-state index contributed by atoms with van der Waals surface area (Å²) in [7, 11) is -4.16. The molecule has 1 heterocycles. The molecule has 3 N–H and O–H groups in total. The molecule has 0 bridgehead atoms. The van der Waals surface area contributed by atoms with Crippen LogP contribution in [0.4, 0.5) is 17.2 Å². The lowest BCUT2D eigenvalue weighted by Gasteiger charge is -2.08. The second-order valence-corrected chi connectivity index (χ2v) is 5.90. The summed E-state index contributed by atoms with van der Waals surface area (Å²) in [6.07, 6.45) is 0. The van der Waals surface area contributed by atoms with E-state index in [0.717, 1.165) is 12.1 Å². The quantitative estimate of drug-likeness (QED) is 0.502. The second kappa shape index (κ2) is 5.37. The van der Waals surface area contributed by atoms with Crippen LogP contribution in [0.25, 0.3) is 0 Å². The number of rotatable bonds is 4. The van der Waals surface area contributed by atoms with Gasteiger partial charge in [0.1, 0.15) is 5.82 Å². The van der Waals surface area contributed by atoms with Gasteiger partial charge in [-0.15, -0.1) is 0 Å². The number of pyridine rings is 1. The van der Waals surface area contributed by atoms with E-state index in [2.05, 4.69) is 9.71 Å². The monoisotopic (exact) mass is 308 g/mol. The molecule has 1 aromatic heterocycles. The summed E-state index contributed by atoms with van der Waals surface area (Å²) in [6, 6.07) is 8.11. The van der Waals surface area contributed by atoms with Crippen LogP contribution in [0.2, 0.25) is 0 Å². The van der Waals surface area contributed by atoms with Crippen LogP contribution in [0.1, 0.15) is 5.69 Å². The van der Waals surface area contributed by atoms with E-state index in [0.29, 0.717) is 5.69 Å². The van der Waals surface area contributed by atoms with Gasteiger partial charge in [-0.25, -0.2) is 13.4 Å². The van der Waals surface area contributed by atoms with Gasteiger partial charge in [-0.05, 0) is 31.2 Å². The van der Waals surface area contributed by atoms with Crippen molar-refractivity contribution >= 4 is 27.2 Å². The zero-order valence-electron chi connectivity index (χ0n) is 11.0. The molecule has 0 amide bonds. The Morgan fingerprint density at radius 1 is 1.29 bits per heavy atom. The molecule has 21 heavy (non-hydrogen) atoms. The lowest BCUT2D eigenvalue weighted by atomic mass is 10.3. The first-order valence-corrected chi connectivity index (χ1v) is 7.28. The summed E-state index contributed by atoms with van der Waals surface area (Å²) >= 11 is 0. The van der Waals surface area contributed by atoms with E-state index in [1.165, 1.54) is 12.1 Å². The molecule has 0 atom stereocenters. The lowest BCUT2D eigenvalue weighted by molar-refractivity contribution is -0.387. The topological polar surface area (TPSA) is 128 Å². The standard InChI is InChI=1S/C12H12N4O4S/c1-8-3-2-4-12(14-8)15-21(19,20)11-7-9(13)5-6-10(11)16(17)18/h2-7H,13H2,1H3,(H,14,15). The van der Waals surface area contributed by atoms with E-state index in [-0.39, 0.29) is 11.5 Å². The summed E-state index contributed by atoms with van der Waals surface area (Å²) in [5.74, 6) is 0.0757. The number of nitrogens with one attached hydrogen (secondary N) is 1. The highest BCUT2D eigenvalue weighted by atomic mass is 32.2. The predicted octanol–water partition coefficient (Wildman–Crippen LogP) is 1.68. The molecule has 110 valence electrons. The van der Waals surface area contributed by atoms with Crippen LogP contribution in [0.3, 0.4) is 0 Å². The maximum atomic E-state index is 12.3. The van der Waals surface area contributed by atoms with Crippen molar-refractivity contribution in [1.29, 1.82) is 0 Å². The minimum absolute atomic E-state index is 0.0757. The van der Waals surface area contributed by atoms with Gasteiger partial charge in [-0.2, -0.15) is 0 Å². The van der Waals surface area contributed by atoms with Gasteiger partial charge in [0.25, 0.3) is 15.7 Å². The van der Waals surface area contributed by atoms with E-state index < -0.39 is 25.5 Å². The fourth-order valence-electron chi connectivity index (χ4n) is 1.69. The summed E-state index contributed by atoms with van der Waals surface area (Å²) in [5.41, 5.74) is 5.68. The van der Waals surface area contributed by atoms with Crippen molar-refractivity contribution in [2.24, 2.45) is 0 Å². The maximum absolute atomic E-state index is 12.3.